The Morgan fingerprint density at radius 1 is 1.13 bits per heavy atom. The van der Waals surface area contributed by atoms with Gasteiger partial charge in [-0.1, -0.05) is 36.4 Å². The van der Waals surface area contributed by atoms with Gasteiger partial charge in [0.15, 0.2) is 5.69 Å². The first kappa shape index (κ1) is 20.0. The highest BCUT2D eigenvalue weighted by Gasteiger charge is 2.35. The molecule has 0 saturated heterocycles. The second kappa shape index (κ2) is 8.20. The number of benzene rings is 1. The number of rotatable bonds is 5. The zero-order chi connectivity index (χ0) is 21.1. The van der Waals surface area contributed by atoms with Gasteiger partial charge >= 0.3 is 6.18 Å². The standard InChI is InChI=1S/C19H12F3N5OS2/c20-19(21,22)16-9-15(12-5-2-1-3-6-12)27(26-16)18-24-14(11-30-18)17(28)25-23-10-13-7-4-8-29-13/h1-11H,(H,25,28)/b23-10+. The van der Waals surface area contributed by atoms with E-state index >= 15 is 0 Å². The molecule has 0 spiro atoms. The van der Waals surface area contributed by atoms with Crippen LogP contribution in [0.2, 0.25) is 0 Å². The molecule has 3 heterocycles. The quantitative estimate of drug-likeness (QED) is 0.352. The highest BCUT2D eigenvalue weighted by molar-refractivity contribution is 7.12. The van der Waals surface area contributed by atoms with Crippen LogP contribution in [-0.4, -0.2) is 26.9 Å². The van der Waals surface area contributed by atoms with E-state index in [1.807, 2.05) is 17.5 Å². The summed E-state index contributed by atoms with van der Waals surface area (Å²) in [7, 11) is 0. The molecule has 4 aromatic rings. The van der Waals surface area contributed by atoms with Crippen molar-refractivity contribution in [3.63, 3.8) is 0 Å². The molecule has 0 bridgehead atoms. The summed E-state index contributed by atoms with van der Waals surface area (Å²) >= 11 is 2.46. The lowest BCUT2D eigenvalue weighted by Gasteiger charge is -2.03. The van der Waals surface area contributed by atoms with Crippen LogP contribution in [0, 0.1) is 0 Å². The van der Waals surface area contributed by atoms with Crippen molar-refractivity contribution in [3.8, 4) is 16.4 Å². The first-order valence-corrected chi connectivity index (χ1v) is 10.2. The molecule has 152 valence electrons. The lowest BCUT2D eigenvalue weighted by atomic mass is 10.1. The van der Waals surface area contributed by atoms with Crippen LogP contribution < -0.4 is 5.43 Å². The molecule has 30 heavy (non-hydrogen) atoms. The SMILES string of the molecule is O=C(N/N=C/c1cccs1)c1csc(-n2nc(C(F)(F)F)cc2-c2ccccc2)n1. The number of amides is 1. The molecule has 3 aromatic heterocycles. The Balaban J connectivity index is 1.62. The van der Waals surface area contributed by atoms with Crippen molar-refractivity contribution in [2.45, 2.75) is 6.18 Å². The molecule has 0 aliphatic heterocycles. The van der Waals surface area contributed by atoms with Crippen LogP contribution in [0.3, 0.4) is 0 Å². The number of thiazole rings is 1. The third-order valence-electron chi connectivity index (χ3n) is 3.88. The molecule has 6 nitrogen and oxygen atoms in total. The summed E-state index contributed by atoms with van der Waals surface area (Å²) in [5.41, 5.74) is 2.11. The summed E-state index contributed by atoms with van der Waals surface area (Å²) < 4.78 is 40.8. The highest BCUT2D eigenvalue weighted by Crippen LogP contribution is 2.33. The van der Waals surface area contributed by atoms with Crippen LogP contribution in [0.5, 0.6) is 0 Å². The van der Waals surface area contributed by atoms with E-state index in [2.05, 4.69) is 20.6 Å². The zero-order valence-corrected chi connectivity index (χ0v) is 16.6. The number of alkyl halides is 3. The second-order valence-electron chi connectivity index (χ2n) is 5.92. The summed E-state index contributed by atoms with van der Waals surface area (Å²) in [6, 6.07) is 13.2. The van der Waals surface area contributed by atoms with Gasteiger partial charge in [0.05, 0.1) is 11.9 Å². The van der Waals surface area contributed by atoms with Crippen LogP contribution in [0.25, 0.3) is 16.4 Å². The third-order valence-corrected chi connectivity index (χ3v) is 5.50. The Morgan fingerprint density at radius 2 is 1.93 bits per heavy atom. The van der Waals surface area contributed by atoms with Crippen LogP contribution in [0.1, 0.15) is 21.1 Å². The number of halogens is 3. The number of aromatic nitrogens is 3. The van der Waals surface area contributed by atoms with Gasteiger partial charge in [0.1, 0.15) is 5.69 Å². The predicted molar refractivity (Wildman–Crippen MR) is 109 cm³/mol. The second-order valence-corrected chi connectivity index (χ2v) is 7.74. The van der Waals surface area contributed by atoms with Crippen LogP contribution in [0.15, 0.2) is 64.4 Å². The topological polar surface area (TPSA) is 72.2 Å². The Labute approximate surface area is 176 Å². The van der Waals surface area contributed by atoms with E-state index in [0.717, 1.165) is 27.0 Å². The van der Waals surface area contributed by atoms with Gasteiger partial charge in [-0.05, 0) is 17.5 Å². The number of nitrogens with zero attached hydrogens (tertiary/aromatic N) is 4. The highest BCUT2D eigenvalue weighted by atomic mass is 32.1. The van der Waals surface area contributed by atoms with E-state index < -0.39 is 17.8 Å². The maximum absolute atomic E-state index is 13.2. The Morgan fingerprint density at radius 3 is 2.63 bits per heavy atom. The normalized spacial score (nSPS) is 11.8. The van der Waals surface area contributed by atoms with Gasteiger partial charge in [-0.25, -0.2) is 15.1 Å². The maximum atomic E-state index is 13.2. The molecule has 0 aliphatic carbocycles. The van der Waals surface area contributed by atoms with Crippen molar-refractivity contribution >= 4 is 34.8 Å². The fraction of sp³-hybridized carbons (Fsp3) is 0.0526. The lowest BCUT2D eigenvalue weighted by molar-refractivity contribution is -0.141. The number of thiophene rings is 1. The number of hydrogen-bond donors (Lipinski definition) is 1. The van der Waals surface area contributed by atoms with Crippen LogP contribution in [-0.2, 0) is 6.18 Å². The van der Waals surface area contributed by atoms with Gasteiger partial charge in [-0.2, -0.15) is 23.4 Å². The van der Waals surface area contributed by atoms with Gasteiger partial charge in [-0.3, -0.25) is 4.79 Å². The van der Waals surface area contributed by atoms with Gasteiger partial charge in [-0.15, -0.1) is 22.7 Å². The first-order chi connectivity index (χ1) is 14.4. The minimum Gasteiger partial charge on any atom is -0.266 e. The largest absolute Gasteiger partial charge is 0.435 e. The minimum atomic E-state index is -4.61. The van der Waals surface area contributed by atoms with Crippen molar-refractivity contribution in [1.82, 2.24) is 20.2 Å². The first-order valence-electron chi connectivity index (χ1n) is 8.47. The average Bonchev–Trinajstić information content (AvgIpc) is 3.47. The van der Waals surface area contributed by atoms with E-state index in [4.69, 9.17) is 0 Å². The summed E-state index contributed by atoms with van der Waals surface area (Å²) in [5, 5.41) is 11.0. The van der Waals surface area contributed by atoms with Crippen molar-refractivity contribution in [1.29, 1.82) is 0 Å². The number of nitrogens with one attached hydrogen (secondary N) is 1. The van der Waals surface area contributed by atoms with Gasteiger partial charge in [0.25, 0.3) is 5.91 Å². The van der Waals surface area contributed by atoms with Crippen molar-refractivity contribution in [2.24, 2.45) is 5.10 Å². The maximum Gasteiger partial charge on any atom is 0.435 e. The monoisotopic (exact) mass is 447 g/mol. The fourth-order valence-corrected chi connectivity index (χ4v) is 3.87. The molecular formula is C19H12F3N5OS2. The summed E-state index contributed by atoms with van der Waals surface area (Å²) in [5.74, 6) is -0.574. The van der Waals surface area contributed by atoms with Gasteiger partial charge < -0.3 is 0 Å². The molecule has 1 N–H and O–H groups in total. The Bertz CT molecular complexity index is 1180. The molecule has 0 unspecified atom stereocenters. The Kier molecular flexibility index (Phi) is 5.46. The molecular weight excluding hydrogens is 435 g/mol. The number of hydrazone groups is 1. The summed E-state index contributed by atoms with van der Waals surface area (Å²) in [6.07, 6.45) is -3.12. The van der Waals surface area contributed by atoms with Crippen LogP contribution in [0.4, 0.5) is 13.2 Å². The molecule has 1 aromatic carbocycles. The predicted octanol–water partition coefficient (Wildman–Crippen LogP) is 4.84. The Hall–Kier alpha value is -3.31. The average molecular weight is 447 g/mol. The zero-order valence-electron chi connectivity index (χ0n) is 15.0. The lowest BCUT2D eigenvalue weighted by Crippen LogP contribution is -2.18. The van der Waals surface area contributed by atoms with E-state index in [1.54, 1.807) is 30.3 Å². The minimum absolute atomic E-state index is 0.0291. The van der Waals surface area contributed by atoms with E-state index in [1.165, 1.54) is 22.9 Å². The van der Waals surface area contributed by atoms with E-state index in [-0.39, 0.29) is 16.5 Å². The van der Waals surface area contributed by atoms with Crippen molar-refractivity contribution in [2.75, 3.05) is 0 Å². The molecule has 0 aliphatic rings. The summed E-state index contributed by atoms with van der Waals surface area (Å²) in [4.78, 5) is 17.3. The number of carbonyl (C=O) groups is 1. The summed E-state index contributed by atoms with van der Waals surface area (Å²) in [6.45, 7) is 0. The molecule has 11 heteroatoms. The molecule has 0 radical (unpaired) electrons. The molecule has 0 fully saturated rings. The van der Waals surface area contributed by atoms with Crippen molar-refractivity contribution in [3.05, 3.63) is 75.6 Å². The fourth-order valence-electron chi connectivity index (χ4n) is 2.52. The van der Waals surface area contributed by atoms with Gasteiger partial charge in [0.2, 0.25) is 5.13 Å². The third kappa shape index (κ3) is 4.31. The molecule has 0 saturated carbocycles. The van der Waals surface area contributed by atoms with Gasteiger partial charge in [0, 0.05) is 15.8 Å². The van der Waals surface area contributed by atoms with Crippen LogP contribution >= 0.6 is 22.7 Å². The molecule has 4 rings (SSSR count). The van der Waals surface area contributed by atoms with E-state index in [9.17, 15) is 18.0 Å². The number of hydrogen-bond acceptors (Lipinski definition) is 6. The smallest absolute Gasteiger partial charge is 0.266 e. The van der Waals surface area contributed by atoms with Crippen molar-refractivity contribution < 1.29 is 18.0 Å². The molecule has 0 atom stereocenters. The number of carbonyl (C=O) groups excluding carboxylic acids is 1. The molecule has 1 amide bonds. The van der Waals surface area contributed by atoms with E-state index in [0.29, 0.717) is 5.56 Å².